The average Bonchev–Trinajstić information content (AvgIpc) is 2.52. The van der Waals surface area contributed by atoms with Crippen LogP contribution in [0.2, 0.25) is 0 Å². The van der Waals surface area contributed by atoms with Crippen LogP contribution in [0.5, 0.6) is 0 Å². The number of non-ortho nitro benzene ring substituents is 1. The van der Waals surface area contributed by atoms with Gasteiger partial charge in [-0.15, -0.1) is 0 Å². The molecule has 0 spiro atoms. The Balaban J connectivity index is 2.13. The third kappa shape index (κ3) is 3.72. The first-order chi connectivity index (χ1) is 11.3. The molecule has 126 valence electrons. The van der Waals surface area contributed by atoms with Gasteiger partial charge in [-0.2, -0.15) is 0 Å². The summed E-state index contributed by atoms with van der Waals surface area (Å²) in [6, 6.07) is 6.92. The summed E-state index contributed by atoms with van der Waals surface area (Å²) in [5.41, 5.74) is -0.268. The fourth-order valence-corrected chi connectivity index (χ4v) is 2.18. The summed E-state index contributed by atoms with van der Waals surface area (Å²) in [6.45, 7) is 1.14. The van der Waals surface area contributed by atoms with Crippen LogP contribution in [0.4, 0.5) is 14.5 Å². The van der Waals surface area contributed by atoms with Gasteiger partial charge in [0.25, 0.3) is 11.6 Å². The number of carbonyl (C=O) groups is 1. The summed E-state index contributed by atoms with van der Waals surface area (Å²) in [5, 5.41) is 23.0. The number of nitro groups is 1. The first-order valence-corrected chi connectivity index (χ1v) is 6.96. The van der Waals surface area contributed by atoms with Gasteiger partial charge in [0.15, 0.2) is 0 Å². The molecule has 1 unspecified atom stereocenters. The van der Waals surface area contributed by atoms with Crippen LogP contribution in [0.15, 0.2) is 36.4 Å². The Morgan fingerprint density at radius 1 is 1.29 bits per heavy atom. The Kier molecular flexibility index (Phi) is 5.20. The number of amides is 1. The molecule has 8 heteroatoms. The minimum absolute atomic E-state index is 0.0467. The predicted octanol–water partition coefficient (Wildman–Crippen LogP) is 2.64. The Labute approximate surface area is 135 Å². The van der Waals surface area contributed by atoms with Crippen LogP contribution in [-0.2, 0) is 0 Å². The van der Waals surface area contributed by atoms with Crippen molar-refractivity contribution in [2.45, 2.75) is 13.0 Å². The van der Waals surface area contributed by atoms with E-state index >= 15 is 0 Å². The number of aliphatic hydroxyl groups excluding tert-OH is 1. The van der Waals surface area contributed by atoms with Gasteiger partial charge in [0.1, 0.15) is 17.7 Å². The van der Waals surface area contributed by atoms with Crippen LogP contribution in [0.25, 0.3) is 0 Å². The molecule has 2 N–H and O–H groups in total. The second-order valence-corrected chi connectivity index (χ2v) is 5.12. The number of hydrogen-bond acceptors (Lipinski definition) is 4. The van der Waals surface area contributed by atoms with E-state index in [9.17, 15) is 28.8 Å². The Morgan fingerprint density at radius 3 is 2.50 bits per heavy atom. The summed E-state index contributed by atoms with van der Waals surface area (Å²) >= 11 is 0. The fourth-order valence-electron chi connectivity index (χ4n) is 2.18. The Morgan fingerprint density at radius 2 is 1.92 bits per heavy atom. The molecule has 2 rings (SSSR count). The molecule has 0 aliphatic carbocycles. The van der Waals surface area contributed by atoms with E-state index in [1.165, 1.54) is 12.1 Å². The van der Waals surface area contributed by atoms with Crippen LogP contribution in [0.3, 0.4) is 0 Å². The van der Waals surface area contributed by atoms with Gasteiger partial charge >= 0.3 is 0 Å². The van der Waals surface area contributed by atoms with Crippen LogP contribution >= 0.6 is 0 Å². The van der Waals surface area contributed by atoms with Crippen LogP contribution in [0.1, 0.15) is 27.6 Å². The average molecular weight is 336 g/mol. The summed E-state index contributed by atoms with van der Waals surface area (Å²) in [4.78, 5) is 22.2. The Bertz CT molecular complexity index is 775. The summed E-state index contributed by atoms with van der Waals surface area (Å²) in [5.74, 6) is -2.54. The van der Waals surface area contributed by atoms with Crippen molar-refractivity contribution < 1.29 is 23.6 Å². The number of aryl methyl sites for hydroxylation is 1. The van der Waals surface area contributed by atoms with Crippen molar-refractivity contribution in [3.63, 3.8) is 0 Å². The van der Waals surface area contributed by atoms with Gasteiger partial charge in [-0.05, 0) is 24.6 Å². The van der Waals surface area contributed by atoms with Gasteiger partial charge in [0.2, 0.25) is 0 Å². The molecule has 0 radical (unpaired) electrons. The van der Waals surface area contributed by atoms with E-state index in [1.807, 2.05) is 0 Å². The van der Waals surface area contributed by atoms with Crippen molar-refractivity contribution in [1.29, 1.82) is 0 Å². The van der Waals surface area contributed by atoms with Crippen molar-refractivity contribution in [3.8, 4) is 0 Å². The standard InChI is InChI=1S/C16H14F2N2O4/c1-9-5-6-10(20(23)24)7-11(9)16(22)19-8-14(21)15-12(17)3-2-4-13(15)18/h2-7,14,21H,8H2,1H3,(H,19,22). The quantitative estimate of drug-likeness (QED) is 0.648. The predicted molar refractivity (Wildman–Crippen MR) is 81.5 cm³/mol. The molecule has 0 aromatic heterocycles. The molecule has 1 atom stereocenters. The van der Waals surface area contributed by atoms with Crippen molar-refractivity contribution in [2.24, 2.45) is 0 Å². The van der Waals surface area contributed by atoms with E-state index in [0.29, 0.717) is 5.56 Å². The van der Waals surface area contributed by atoms with Gasteiger partial charge in [-0.1, -0.05) is 12.1 Å². The van der Waals surface area contributed by atoms with Crippen LogP contribution in [0, 0.1) is 28.7 Å². The molecule has 0 fully saturated rings. The topological polar surface area (TPSA) is 92.5 Å². The molecular weight excluding hydrogens is 322 g/mol. The van der Waals surface area contributed by atoms with Gasteiger partial charge in [0.05, 0.1) is 10.5 Å². The number of rotatable bonds is 5. The van der Waals surface area contributed by atoms with E-state index in [-0.39, 0.29) is 11.3 Å². The highest BCUT2D eigenvalue weighted by Crippen LogP contribution is 2.21. The van der Waals surface area contributed by atoms with E-state index in [4.69, 9.17) is 0 Å². The Hall–Kier alpha value is -2.87. The van der Waals surface area contributed by atoms with Crippen molar-refractivity contribution in [1.82, 2.24) is 5.32 Å². The third-order valence-corrected chi connectivity index (χ3v) is 3.47. The van der Waals surface area contributed by atoms with E-state index in [2.05, 4.69) is 5.32 Å². The normalized spacial score (nSPS) is 11.8. The zero-order valence-electron chi connectivity index (χ0n) is 12.6. The zero-order chi connectivity index (χ0) is 17.9. The molecule has 0 saturated heterocycles. The maximum atomic E-state index is 13.6. The zero-order valence-corrected chi connectivity index (χ0v) is 12.6. The molecule has 0 bridgehead atoms. The maximum absolute atomic E-state index is 13.6. The fraction of sp³-hybridized carbons (Fsp3) is 0.188. The molecule has 0 saturated carbocycles. The molecule has 2 aromatic carbocycles. The monoisotopic (exact) mass is 336 g/mol. The summed E-state index contributed by atoms with van der Waals surface area (Å²) in [7, 11) is 0. The lowest BCUT2D eigenvalue weighted by atomic mass is 10.1. The number of nitro benzene ring substituents is 1. The second kappa shape index (κ2) is 7.14. The molecule has 2 aromatic rings. The smallest absolute Gasteiger partial charge is 0.270 e. The number of nitrogens with one attached hydrogen (secondary N) is 1. The highest BCUT2D eigenvalue weighted by molar-refractivity contribution is 5.96. The molecule has 1 amide bonds. The summed E-state index contributed by atoms with van der Waals surface area (Å²) in [6.07, 6.45) is -1.59. The van der Waals surface area contributed by atoms with E-state index in [1.54, 1.807) is 6.92 Å². The lowest BCUT2D eigenvalue weighted by Gasteiger charge is -2.14. The molecule has 0 aliphatic rings. The number of halogens is 2. The highest BCUT2D eigenvalue weighted by atomic mass is 19.1. The van der Waals surface area contributed by atoms with Crippen molar-refractivity contribution in [3.05, 3.63) is 74.8 Å². The lowest BCUT2D eigenvalue weighted by molar-refractivity contribution is -0.384. The largest absolute Gasteiger partial charge is 0.386 e. The molecule has 24 heavy (non-hydrogen) atoms. The maximum Gasteiger partial charge on any atom is 0.270 e. The van der Waals surface area contributed by atoms with Crippen molar-refractivity contribution >= 4 is 11.6 Å². The summed E-state index contributed by atoms with van der Waals surface area (Å²) < 4.78 is 27.1. The number of carbonyl (C=O) groups excluding carboxylic acids is 1. The molecule has 6 nitrogen and oxygen atoms in total. The van der Waals surface area contributed by atoms with E-state index < -0.39 is 40.7 Å². The van der Waals surface area contributed by atoms with Crippen LogP contribution in [-0.4, -0.2) is 22.5 Å². The van der Waals surface area contributed by atoms with Gasteiger partial charge in [-0.3, -0.25) is 14.9 Å². The van der Waals surface area contributed by atoms with E-state index in [0.717, 1.165) is 24.3 Å². The first-order valence-electron chi connectivity index (χ1n) is 6.96. The minimum Gasteiger partial charge on any atom is -0.386 e. The van der Waals surface area contributed by atoms with Crippen LogP contribution < -0.4 is 5.32 Å². The second-order valence-electron chi connectivity index (χ2n) is 5.12. The first kappa shape index (κ1) is 17.5. The van der Waals surface area contributed by atoms with Gasteiger partial charge in [-0.25, -0.2) is 8.78 Å². The number of hydrogen-bond donors (Lipinski definition) is 2. The number of nitrogens with zero attached hydrogens (tertiary/aromatic N) is 1. The van der Waals surface area contributed by atoms with Gasteiger partial charge < -0.3 is 10.4 Å². The number of aliphatic hydroxyl groups is 1. The van der Waals surface area contributed by atoms with Gasteiger partial charge in [0, 0.05) is 24.2 Å². The molecule has 0 aliphatic heterocycles. The third-order valence-electron chi connectivity index (χ3n) is 3.47. The van der Waals surface area contributed by atoms with Crippen molar-refractivity contribution in [2.75, 3.05) is 6.54 Å². The lowest BCUT2D eigenvalue weighted by Crippen LogP contribution is -2.29. The SMILES string of the molecule is Cc1ccc([N+](=O)[O-])cc1C(=O)NCC(O)c1c(F)cccc1F. The molecular formula is C16H14F2N2O4. The minimum atomic E-state index is -1.59. The molecule has 0 heterocycles. The number of benzene rings is 2. The highest BCUT2D eigenvalue weighted by Gasteiger charge is 2.20.